The third-order valence-electron chi connectivity index (χ3n) is 4.83. The van der Waals surface area contributed by atoms with Crippen molar-refractivity contribution in [3.63, 3.8) is 0 Å². The number of hydrogen-bond donors (Lipinski definition) is 2. The van der Waals surface area contributed by atoms with Crippen LogP contribution >= 0.6 is 0 Å². The minimum absolute atomic E-state index is 0.00531. The molecule has 1 aliphatic heterocycles. The van der Waals surface area contributed by atoms with Crippen LogP contribution in [0.4, 0.5) is 0 Å². The lowest BCUT2D eigenvalue weighted by Crippen LogP contribution is -2.23. The summed E-state index contributed by atoms with van der Waals surface area (Å²) < 4.78 is 5.87. The van der Waals surface area contributed by atoms with Gasteiger partial charge in [-0.3, -0.25) is 4.79 Å². The van der Waals surface area contributed by atoms with E-state index in [-0.39, 0.29) is 5.91 Å². The van der Waals surface area contributed by atoms with Crippen LogP contribution in [0.1, 0.15) is 34.7 Å². The number of oxazole rings is 1. The van der Waals surface area contributed by atoms with Crippen molar-refractivity contribution in [1.29, 1.82) is 0 Å². The van der Waals surface area contributed by atoms with Crippen molar-refractivity contribution >= 4 is 5.91 Å². The van der Waals surface area contributed by atoms with E-state index < -0.39 is 0 Å². The quantitative estimate of drug-likeness (QED) is 0.705. The molecule has 0 saturated carbocycles. The van der Waals surface area contributed by atoms with Gasteiger partial charge in [0.15, 0.2) is 11.7 Å². The van der Waals surface area contributed by atoms with Crippen molar-refractivity contribution in [2.45, 2.75) is 39.4 Å². The topological polar surface area (TPSA) is 67.2 Å². The van der Waals surface area contributed by atoms with Crippen molar-refractivity contribution < 1.29 is 9.21 Å². The van der Waals surface area contributed by atoms with Gasteiger partial charge in [0.05, 0.1) is 5.69 Å². The lowest BCUT2D eigenvalue weighted by atomic mass is 10.1. The number of fused-ring (bicyclic) bond motifs is 1. The zero-order chi connectivity index (χ0) is 18.6. The maximum atomic E-state index is 12.2. The van der Waals surface area contributed by atoms with Crippen LogP contribution in [0, 0.1) is 6.92 Å². The number of aromatic nitrogens is 1. The monoisotopic (exact) mass is 361 g/mol. The maximum absolute atomic E-state index is 12.2. The summed E-state index contributed by atoms with van der Waals surface area (Å²) in [6.07, 6.45) is 0.855. The Labute approximate surface area is 158 Å². The van der Waals surface area contributed by atoms with Gasteiger partial charge in [-0.15, -0.1) is 0 Å². The number of carbonyl (C=O) groups is 1. The van der Waals surface area contributed by atoms with E-state index in [4.69, 9.17) is 4.42 Å². The molecule has 0 aliphatic carbocycles. The molecule has 3 aromatic rings. The maximum Gasteiger partial charge on any atom is 0.220 e. The summed E-state index contributed by atoms with van der Waals surface area (Å²) in [7, 11) is 0. The molecule has 5 heteroatoms. The van der Waals surface area contributed by atoms with Gasteiger partial charge < -0.3 is 15.1 Å². The van der Waals surface area contributed by atoms with Gasteiger partial charge in [0.1, 0.15) is 0 Å². The highest BCUT2D eigenvalue weighted by molar-refractivity contribution is 5.76. The summed E-state index contributed by atoms with van der Waals surface area (Å²) in [4.78, 5) is 16.7. The van der Waals surface area contributed by atoms with E-state index in [1.54, 1.807) is 0 Å². The van der Waals surface area contributed by atoms with Crippen LogP contribution in [-0.4, -0.2) is 10.9 Å². The van der Waals surface area contributed by atoms with E-state index in [9.17, 15) is 4.79 Å². The molecule has 4 rings (SSSR count). The molecule has 0 spiro atoms. The second-order valence-electron chi connectivity index (χ2n) is 6.87. The lowest BCUT2D eigenvalue weighted by Gasteiger charge is -2.06. The predicted molar refractivity (Wildman–Crippen MR) is 104 cm³/mol. The van der Waals surface area contributed by atoms with Gasteiger partial charge in [-0.2, -0.15) is 0 Å². The van der Waals surface area contributed by atoms with Gasteiger partial charge >= 0.3 is 0 Å². The number of nitrogens with zero attached hydrogens (tertiary/aromatic N) is 1. The molecule has 1 aliphatic rings. The summed E-state index contributed by atoms with van der Waals surface area (Å²) in [6, 6.07) is 16.3. The normalized spacial score (nSPS) is 12.8. The molecular formula is C22H23N3O2. The van der Waals surface area contributed by atoms with E-state index in [1.165, 1.54) is 11.1 Å². The molecule has 0 radical (unpaired) electrons. The first-order valence-corrected chi connectivity index (χ1v) is 9.29. The fraction of sp³-hybridized carbons (Fsp3) is 0.273. The van der Waals surface area contributed by atoms with Gasteiger partial charge in [-0.1, -0.05) is 48.5 Å². The van der Waals surface area contributed by atoms with Crippen LogP contribution in [0.2, 0.25) is 0 Å². The van der Waals surface area contributed by atoms with Crippen molar-refractivity contribution in [3.05, 3.63) is 76.8 Å². The highest BCUT2D eigenvalue weighted by Crippen LogP contribution is 2.24. The van der Waals surface area contributed by atoms with Crippen LogP contribution in [0.25, 0.3) is 11.3 Å². The average Bonchev–Trinajstić information content (AvgIpc) is 3.31. The molecule has 0 atom stereocenters. The van der Waals surface area contributed by atoms with Gasteiger partial charge in [-0.25, -0.2) is 4.98 Å². The van der Waals surface area contributed by atoms with E-state index in [0.29, 0.717) is 25.3 Å². The number of benzene rings is 2. The second kappa shape index (κ2) is 7.76. The predicted octanol–water partition coefficient (Wildman–Crippen LogP) is 3.50. The Morgan fingerprint density at radius 2 is 1.96 bits per heavy atom. The molecule has 27 heavy (non-hydrogen) atoms. The minimum Gasteiger partial charge on any atom is -0.440 e. The zero-order valence-corrected chi connectivity index (χ0v) is 15.4. The Bertz CT molecular complexity index is 947. The molecule has 138 valence electrons. The van der Waals surface area contributed by atoms with Gasteiger partial charge in [0.25, 0.3) is 0 Å². The first-order valence-electron chi connectivity index (χ1n) is 9.29. The smallest absolute Gasteiger partial charge is 0.220 e. The van der Waals surface area contributed by atoms with Crippen LogP contribution in [-0.2, 0) is 30.8 Å². The van der Waals surface area contributed by atoms with Crippen LogP contribution in [0.3, 0.4) is 0 Å². The first kappa shape index (κ1) is 17.5. The molecule has 0 unspecified atom stereocenters. The molecule has 0 fully saturated rings. The Kier molecular flexibility index (Phi) is 5.03. The molecule has 2 aromatic carbocycles. The molecule has 1 aromatic heterocycles. The average molecular weight is 361 g/mol. The van der Waals surface area contributed by atoms with Crippen molar-refractivity contribution in [2.24, 2.45) is 0 Å². The van der Waals surface area contributed by atoms with Crippen LogP contribution in [0.5, 0.6) is 0 Å². The molecule has 2 N–H and O–H groups in total. The minimum atomic E-state index is 0.00531. The highest BCUT2D eigenvalue weighted by Gasteiger charge is 2.13. The van der Waals surface area contributed by atoms with Crippen LogP contribution in [0.15, 0.2) is 52.9 Å². The standard InChI is InChI=1S/C22H23N3O2/c1-15-22(17-5-3-2-4-6-17)27-21(25-15)10-9-20(26)24-12-16-7-8-18-13-23-14-19(18)11-16/h2-8,11,23H,9-10,12-14H2,1H3,(H,24,26). The Morgan fingerprint density at radius 1 is 1.15 bits per heavy atom. The fourth-order valence-electron chi connectivity index (χ4n) is 3.38. The third kappa shape index (κ3) is 4.09. The lowest BCUT2D eigenvalue weighted by molar-refractivity contribution is -0.121. The van der Waals surface area contributed by atoms with Crippen molar-refractivity contribution in [3.8, 4) is 11.3 Å². The zero-order valence-electron chi connectivity index (χ0n) is 15.4. The fourth-order valence-corrected chi connectivity index (χ4v) is 3.38. The molecule has 2 heterocycles. The summed E-state index contributed by atoms with van der Waals surface area (Å²) in [5.74, 6) is 1.38. The van der Waals surface area contributed by atoms with Gasteiger partial charge in [0, 0.05) is 38.0 Å². The SMILES string of the molecule is Cc1nc(CCC(=O)NCc2ccc3c(c2)CNC3)oc1-c1ccccc1. The molecule has 0 saturated heterocycles. The van der Waals surface area contributed by atoms with Crippen molar-refractivity contribution in [1.82, 2.24) is 15.6 Å². The summed E-state index contributed by atoms with van der Waals surface area (Å²) in [6.45, 7) is 4.32. The van der Waals surface area contributed by atoms with Gasteiger partial charge in [0.2, 0.25) is 5.91 Å². The second-order valence-corrected chi connectivity index (χ2v) is 6.87. The molecule has 5 nitrogen and oxygen atoms in total. The van der Waals surface area contributed by atoms with E-state index in [2.05, 4.69) is 33.8 Å². The van der Waals surface area contributed by atoms with Crippen molar-refractivity contribution in [2.75, 3.05) is 0 Å². The summed E-state index contributed by atoms with van der Waals surface area (Å²) in [5, 5.41) is 6.32. The molecule has 0 bridgehead atoms. The summed E-state index contributed by atoms with van der Waals surface area (Å²) >= 11 is 0. The Morgan fingerprint density at radius 3 is 2.81 bits per heavy atom. The molecule has 1 amide bonds. The third-order valence-corrected chi connectivity index (χ3v) is 4.83. The van der Waals surface area contributed by atoms with E-state index >= 15 is 0 Å². The number of rotatable bonds is 6. The van der Waals surface area contributed by atoms with Gasteiger partial charge in [-0.05, 0) is 23.6 Å². The number of aryl methyl sites for hydroxylation is 2. The summed E-state index contributed by atoms with van der Waals surface area (Å²) in [5.41, 5.74) is 5.65. The number of hydrogen-bond acceptors (Lipinski definition) is 4. The van der Waals surface area contributed by atoms with E-state index in [1.807, 2.05) is 37.3 Å². The highest BCUT2D eigenvalue weighted by atomic mass is 16.4. The number of amides is 1. The number of nitrogens with one attached hydrogen (secondary N) is 2. The Hall–Kier alpha value is -2.92. The van der Waals surface area contributed by atoms with Crippen LogP contribution < -0.4 is 10.6 Å². The Balaban J connectivity index is 1.31. The molecular weight excluding hydrogens is 338 g/mol. The first-order chi connectivity index (χ1) is 13.2. The largest absolute Gasteiger partial charge is 0.440 e. The number of carbonyl (C=O) groups excluding carboxylic acids is 1. The van der Waals surface area contributed by atoms with E-state index in [0.717, 1.165) is 35.7 Å².